The molecule has 0 fully saturated rings. The predicted octanol–water partition coefficient (Wildman–Crippen LogP) is 5.74. The van der Waals surface area contributed by atoms with Crippen LogP contribution in [0.2, 0.25) is 0 Å². The van der Waals surface area contributed by atoms with Crippen molar-refractivity contribution in [2.75, 3.05) is 12.3 Å². The topological polar surface area (TPSA) is 128 Å². The Kier molecular flexibility index (Phi) is 8.24. The fraction of sp³-hybridized carbons (Fsp3) is 0.417. The van der Waals surface area contributed by atoms with Gasteiger partial charge in [-0.3, -0.25) is 4.79 Å². The summed E-state index contributed by atoms with van der Waals surface area (Å²) in [5.74, 6) is -5.93. The van der Waals surface area contributed by atoms with Crippen molar-refractivity contribution in [3.05, 3.63) is 52.8 Å². The van der Waals surface area contributed by atoms with E-state index in [-0.39, 0.29) is 25.3 Å². The first kappa shape index (κ1) is 31.8. The maximum atomic E-state index is 14.7. The summed E-state index contributed by atoms with van der Waals surface area (Å²) in [5.41, 5.74) is -3.01. The first-order valence-electron chi connectivity index (χ1n) is 12.1. The zero-order valence-electron chi connectivity index (χ0n) is 21.4. The molecule has 4 bridgehead atoms. The quantitative estimate of drug-likeness (QED) is 0.351. The number of amides is 1. The van der Waals surface area contributed by atoms with Crippen molar-refractivity contribution in [1.82, 2.24) is 20.1 Å². The highest BCUT2D eigenvalue weighted by Crippen LogP contribution is 2.44. The van der Waals surface area contributed by atoms with Crippen molar-refractivity contribution in [3.8, 4) is 17.3 Å². The van der Waals surface area contributed by atoms with Crippen LogP contribution >= 0.6 is 0 Å². The highest BCUT2D eigenvalue weighted by molar-refractivity contribution is 5.95. The third-order valence-corrected chi connectivity index (χ3v) is 6.38. The Morgan fingerprint density at radius 1 is 1.00 bits per heavy atom. The van der Waals surface area contributed by atoms with E-state index in [2.05, 4.69) is 19.9 Å². The Bertz CT molecular complexity index is 1510. The van der Waals surface area contributed by atoms with Gasteiger partial charge in [0.05, 0.1) is 11.3 Å². The molecule has 0 unspecified atom stereocenters. The molecule has 1 aromatic carbocycles. The van der Waals surface area contributed by atoms with Gasteiger partial charge in [-0.1, -0.05) is 12.5 Å². The molecule has 0 aliphatic carbocycles. The molecule has 43 heavy (non-hydrogen) atoms. The van der Waals surface area contributed by atoms with Gasteiger partial charge >= 0.3 is 18.7 Å². The number of alkyl halides is 9. The zero-order valence-corrected chi connectivity index (χ0v) is 21.4. The SMILES string of the molecule is Nc1cc(C(F)(F)F)c2nc1-c1nnc(o1)[C@@](O)(C(F)(F)F)CCCCCN(Cc1ccc(OC(F)(F)F)cc1F)C2=O. The molecule has 1 aliphatic rings. The molecule has 2 aromatic heterocycles. The summed E-state index contributed by atoms with van der Waals surface area (Å²) in [5, 5.41) is 17.0. The molecule has 0 radical (unpaired) electrons. The normalized spacial score (nSPS) is 18.9. The lowest BCUT2D eigenvalue weighted by Gasteiger charge is -2.28. The second-order valence-corrected chi connectivity index (χ2v) is 9.43. The van der Waals surface area contributed by atoms with Crippen molar-refractivity contribution >= 4 is 11.6 Å². The first-order valence-corrected chi connectivity index (χ1v) is 12.1. The molecule has 1 aliphatic heterocycles. The molecular formula is C24H19F10N5O4. The van der Waals surface area contributed by atoms with Crippen LogP contribution in [0.1, 0.15) is 53.2 Å². The average Bonchev–Trinajstić information content (AvgIpc) is 3.36. The largest absolute Gasteiger partial charge is 0.573 e. The van der Waals surface area contributed by atoms with Gasteiger partial charge in [0.2, 0.25) is 5.60 Å². The first-order chi connectivity index (χ1) is 19.8. The molecule has 9 nitrogen and oxygen atoms in total. The number of carbonyl (C=O) groups is 1. The van der Waals surface area contributed by atoms with Gasteiger partial charge in [0.15, 0.2) is 5.69 Å². The minimum atomic E-state index is -5.32. The summed E-state index contributed by atoms with van der Waals surface area (Å²) in [6.07, 6.45) is -17.3. The predicted molar refractivity (Wildman–Crippen MR) is 123 cm³/mol. The molecule has 3 N–H and O–H groups in total. The van der Waals surface area contributed by atoms with Crippen LogP contribution in [-0.4, -0.2) is 50.2 Å². The van der Waals surface area contributed by atoms with Crippen LogP contribution in [0.5, 0.6) is 5.75 Å². The number of nitrogen functional groups attached to an aromatic ring is 1. The summed E-state index contributed by atoms with van der Waals surface area (Å²) >= 11 is 0. The Morgan fingerprint density at radius 2 is 1.70 bits per heavy atom. The summed E-state index contributed by atoms with van der Waals surface area (Å²) < 4.78 is 144. The number of nitrogens with two attached hydrogens (primary N) is 1. The van der Waals surface area contributed by atoms with E-state index in [4.69, 9.17) is 10.2 Å². The van der Waals surface area contributed by atoms with E-state index < -0.39 is 101 Å². The van der Waals surface area contributed by atoms with E-state index in [0.717, 1.165) is 6.07 Å². The van der Waals surface area contributed by atoms with Crippen LogP contribution in [0.25, 0.3) is 11.6 Å². The van der Waals surface area contributed by atoms with Crippen molar-refractivity contribution in [3.63, 3.8) is 0 Å². The van der Waals surface area contributed by atoms with E-state index in [1.165, 1.54) is 0 Å². The Balaban J connectivity index is 1.82. The Hall–Kier alpha value is -4.16. The number of hydrogen-bond acceptors (Lipinski definition) is 8. The minimum Gasteiger partial charge on any atom is -0.416 e. The van der Waals surface area contributed by atoms with Crippen LogP contribution in [0, 0.1) is 5.82 Å². The van der Waals surface area contributed by atoms with Crippen LogP contribution < -0.4 is 10.5 Å². The van der Waals surface area contributed by atoms with E-state index in [1.54, 1.807) is 0 Å². The number of nitrogens with zero attached hydrogens (tertiary/aromatic N) is 4. The monoisotopic (exact) mass is 631 g/mol. The van der Waals surface area contributed by atoms with Gasteiger partial charge in [-0.05, 0) is 31.4 Å². The summed E-state index contributed by atoms with van der Waals surface area (Å²) in [7, 11) is 0. The summed E-state index contributed by atoms with van der Waals surface area (Å²) in [4.78, 5) is 17.8. The van der Waals surface area contributed by atoms with Crippen molar-refractivity contribution in [2.24, 2.45) is 0 Å². The van der Waals surface area contributed by atoms with Crippen molar-refractivity contribution in [2.45, 2.75) is 56.5 Å². The number of rotatable bonds is 3. The third kappa shape index (κ3) is 6.75. The molecular weight excluding hydrogens is 612 g/mol. The smallest absolute Gasteiger partial charge is 0.416 e. The number of ether oxygens (including phenoxy) is 1. The van der Waals surface area contributed by atoms with Crippen molar-refractivity contribution < 1.29 is 63.0 Å². The van der Waals surface area contributed by atoms with Gasteiger partial charge in [-0.25, -0.2) is 9.37 Å². The third-order valence-electron chi connectivity index (χ3n) is 6.38. The highest BCUT2D eigenvalue weighted by atomic mass is 19.4. The fourth-order valence-corrected chi connectivity index (χ4v) is 4.26. The van der Waals surface area contributed by atoms with Gasteiger partial charge in [0, 0.05) is 24.7 Å². The van der Waals surface area contributed by atoms with E-state index in [9.17, 15) is 53.8 Å². The molecule has 1 atom stereocenters. The number of carbonyl (C=O) groups excluding carboxylic acids is 1. The zero-order chi connectivity index (χ0) is 32.0. The average molecular weight is 631 g/mol. The molecule has 19 heteroatoms. The Labute approximate surface area is 234 Å². The number of aromatic nitrogens is 3. The van der Waals surface area contributed by atoms with Gasteiger partial charge in [-0.2, -0.15) is 26.3 Å². The number of aliphatic hydroxyl groups is 1. The van der Waals surface area contributed by atoms with Gasteiger partial charge in [0.25, 0.3) is 17.7 Å². The minimum absolute atomic E-state index is 0.128. The summed E-state index contributed by atoms with van der Waals surface area (Å²) in [6.45, 7) is -1.24. The molecule has 3 aromatic rings. The van der Waals surface area contributed by atoms with Gasteiger partial charge in [0.1, 0.15) is 17.3 Å². The van der Waals surface area contributed by atoms with Crippen LogP contribution in [0.4, 0.5) is 49.6 Å². The maximum Gasteiger partial charge on any atom is 0.573 e. The summed E-state index contributed by atoms with van der Waals surface area (Å²) in [6, 6.07) is 2.14. The number of benzene rings is 1. The number of pyridine rings is 1. The van der Waals surface area contributed by atoms with Crippen LogP contribution in [0.15, 0.2) is 28.7 Å². The van der Waals surface area contributed by atoms with Crippen LogP contribution in [0.3, 0.4) is 0 Å². The molecule has 0 saturated carbocycles. The number of fused-ring (bicyclic) bond motifs is 5. The second-order valence-electron chi connectivity index (χ2n) is 9.43. The number of hydrogen-bond donors (Lipinski definition) is 2. The van der Waals surface area contributed by atoms with Gasteiger partial charge < -0.3 is 24.9 Å². The number of halogens is 10. The van der Waals surface area contributed by atoms with E-state index in [0.29, 0.717) is 17.0 Å². The molecule has 3 heterocycles. The molecule has 4 rings (SSSR count). The molecule has 0 spiro atoms. The lowest BCUT2D eigenvalue weighted by atomic mass is 9.95. The second kappa shape index (κ2) is 11.2. The van der Waals surface area contributed by atoms with Gasteiger partial charge in [-0.15, -0.1) is 23.4 Å². The lowest BCUT2D eigenvalue weighted by molar-refractivity contribution is -0.277. The maximum absolute atomic E-state index is 14.7. The molecule has 234 valence electrons. The van der Waals surface area contributed by atoms with E-state index >= 15 is 0 Å². The van der Waals surface area contributed by atoms with Crippen molar-refractivity contribution in [1.29, 1.82) is 0 Å². The highest BCUT2D eigenvalue weighted by Gasteiger charge is 2.58. The Morgan fingerprint density at radius 3 is 2.30 bits per heavy atom. The fourth-order valence-electron chi connectivity index (χ4n) is 4.26. The van der Waals surface area contributed by atoms with E-state index in [1.807, 2.05) is 0 Å². The number of anilines is 1. The molecule has 1 amide bonds. The lowest BCUT2D eigenvalue weighted by Crippen LogP contribution is -2.42. The standard InChI is InChI=1S/C24H19F10N5O4/c25-14-8-12(43-24(32,33)34)5-4-11(14)10-39-7-3-1-2-6-21(41,23(29,30)31)20-38-37-18(42-20)17-15(35)9-13(22(26,27)28)16(36-17)19(39)40/h4-5,8-9,41H,1-3,6-7,10,35H2/t21-/m1/s1. The molecule has 0 saturated heterocycles. The van der Waals surface area contributed by atoms with Crippen LogP contribution in [-0.2, 0) is 18.3 Å².